The van der Waals surface area contributed by atoms with Crippen LogP contribution in [0.5, 0.6) is 0 Å². The molecule has 1 N–H and O–H groups in total. The minimum absolute atomic E-state index is 0.252. The van der Waals surface area contributed by atoms with Crippen LogP contribution in [-0.2, 0) is 0 Å². The summed E-state index contributed by atoms with van der Waals surface area (Å²) in [7, 11) is 2.08. The Labute approximate surface area is 111 Å². The highest BCUT2D eigenvalue weighted by molar-refractivity contribution is 5.55. The molecule has 1 aliphatic rings. The van der Waals surface area contributed by atoms with Crippen LogP contribution >= 0.6 is 0 Å². The second kappa shape index (κ2) is 5.31. The molecule has 0 aromatic heterocycles. The zero-order valence-corrected chi connectivity index (χ0v) is 12.2. The monoisotopic (exact) mass is 246 g/mol. The second-order valence-electron chi connectivity index (χ2n) is 6.05. The number of nitrogens with zero attached hydrogens (tertiary/aromatic N) is 1. The molecule has 2 nitrogen and oxygen atoms in total. The number of anilines is 1. The average Bonchev–Trinajstić information content (AvgIpc) is 2.39. The Kier molecular flexibility index (Phi) is 3.96. The first-order chi connectivity index (χ1) is 8.56. The third-order valence-electron chi connectivity index (χ3n) is 4.20. The van der Waals surface area contributed by atoms with E-state index in [9.17, 15) is 0 Å². The Morgan fingerprint density at radius 1 is 1.28 bits per heavy atom. The first-order valence-electron chi connectivity index (χ1n) is 7.08. The van der Waals surface area contributed by atoms with E-state index in [1.165, 1.54) is 30.6 Å². The maximum absolute atomic E-state index is 3.49. The molecule has 0 saturated carbocycles. The summed E-state index contributed by atoms with van der Waals surface area (Å²) < 4.78 is 0. The summed E-state index contributed by atoms with van der Waals surface area (Å²) in [5.41, 5.74) is 3.15. The van der Waals surface area contributed by atoms with Gasteiger partial charge in [-0.1, -0.05) is 32.0 Å². The molecule has 18 heavy (non-hydrogen) atoms. The molecule has 1 aromatic carbocycles. The Balaban J connectivity index is 2.26. The Morgan fingerprint density at radius 3 is 2.67 bits per heavy atom. The average molecular weight is 246 g/mol. The SMILES string of the molecule is CNC1(C)CCCN(c2ccccc2C(C)C)C1. The minimum Gasteiger partial charge on any atom is -0.369 e. The van der Waals surface area contributed by atoms with E-state index in [1.807, 2.05) is 0 Å². The van der Waals surface area contributed by atoms with Crippen molar-refractivity contribution in [3.05, 3.63) is 29.8 Å². The summed E-state index contributed by atoms with van der Waals surface area (Å²) in [6.07, 6.45) is 2.54. The van der Waals surface area contributed by atoms with Crippen LogP contribution in [0.15, 0.2) is 24.3 Å². The van der Waals surface area contributed by atoms with Crippen LogP contribution in [0.2, 0.25) is 0 Å². The Bertz CT molecular complexity index is 400. The largest absolute Gasteiger partial charge is 0.369 e. The molecule has 0 spiro atoms. The second-order valence-corrected chi connectivity index (χ2v) is 6.05. The first kappa shape index (κ1) is 13.4. The van der Waals surface area contributed by atoms with Gasteiger partial charge in [0.1, 0.15) is 0 Å². The van der Waals surface area contributed by atoms with Crippen molar-refractivity contribution in [1.29, 1.82) is 0 Å². The topological polar surface area (TPSA) is 15.3 Å². The van der Waals surface area contributed by atoms with Crippen molar-refractivity contribution in [2.24, 2.45) is 0 Å². The third kappa shape index (κ3) is 2.69. The van der Waals surface area contributed by atoms with E-state index < -0.39 is 0 Å². The Morgan fingerprint density at radius 2 is 2.00 bits per heavy atom. The molecule has 100 valence electrons. The van der Waals surface area contributed by atoms with Gasteiger partial charge in [0.15, 0.2) is 0 Å². The number of likely N-dealkylation sites (N-methyl/N-ethyl adjacent to an activating group) is 1. The molecular formula is C16H26N2. The molecule has 0 aliphatic carbocycles. The molecule has 1 unspecified atom stereocenters. The van der Waals surface area contributed by atoms with Crippen LogP contribution in [0.25, 0.3) is 0 Å². The van der Waals surface area contributed by atoms with Crippen molar-refractivity contribution >= 4 is 5.69 Å². The van der Waals surface area contributed by atoms with Gasteiger partial charge >= 0.3 is 0 Å². The summed E-state index contributed by atoms with van der Waals surface area (Å²) in [5.74, 6) is 0.587. The zero-order chi connectivity index (χ0) is 13.2. The van der Waals surface area contributed by atoms with Crippen molar-refractivity contribution in [3.63, 3.8) is 0 Å². The van der Waals surface area contributed by atoms with E-state index in [0.29, 0.717) is 5.92 Å². The highest BCUT2D eigenvalue weighted by atomic mass is 15.2. The van der Waals surface area contributed by atoms with Crippen LogP contribution in [0.4, 0.5) is 5.69 Å². The van der Waals surface area contributed by atoms with E-state index >= 15 is 0 Å². The van der Waals surface area contributed by atoms with Gasteiger partial charge in [-0.2, -0.15) is 0 Å². The predicted molar refractivity (Wildman–Crippen MR) is 79.4 cm³/mol. The van der Waals surface area contributed by atoms with Gasteiger partial charge in [0.05, 0.1) is 0 Å². The predicted octanol–water partition coefficient (Wildman–Crippen LogP) is 3.39. The van der Waals surface area contributed by atoms with Gasteiger partial charge in [-0.15, -0.1) is 0 Å². The maximum atomic E-state index is 3.49. The Hall–Kier alpha value is -1.02. The number of benzene rings is 1. The van der Waals surface area contributed by atoms with Crippen molar-refractivity contribution < 1.29 is 0 Å². The van der Waals surface area contributed by atoms with Crippen molar-refractivity contribution in [3.8, 4) is 0 Å². The molecule has 0 radical (unpaired) electrons. The van der Waals surface area contributed by atoms with Gasteiger partial charge < -0.3 is 10.2 Å². The molecular weight excluding hydrogens is 220 g/mol. The molecule has 1 aliphatic heterocycles. The maximum Gasteiger partial charge on any atom is 0.0402 e. The lowest BCUT2D eigenvalue weighted by Gasteiger charge is -2.42. The normalized spacial score (nSPS) is 24.6. The van der Waals surface area contributed by atoms with Crippen molar-refractivity contribution in [1.82, 2.24) is 5.32 Å². The van der Waals surface area contributed by atoms with Crippen LogP contribution in [0, 0.1) is 0 Å². The highest BCUT2D eigenvalue weighted by Crippen LogP contribution is 2.31. The molecule has 1 heterocycles. The number of nitrogens with one attached hydrogen (secondary N) is 1. The van der Waals surface area contributed by atoms with E-state index in [1.54, 1.807) is 0 Å². The fourth-order valence-electron chi connectivity index (χ4n) is 2.91. The molecule has 2 rings (SSSR count). The summed E-state index contributed by atoms with van der Waals surface area (Å²) in [5, 5.41) is 3.49. The van der Waals surface area contributed by atoms with Gasteiger partial charge in [0, 0.05) is 24.3 Å². The third-order valence-corrected chi connectivity index (χ3v) is 4.20. The summed E-state index contributed by atoms with van der Waals surface area (Å²) in [4.78, 5) is 2.55. The molecule has 1 saturated heterocycles. The number of hydrogen-bond donors (Lipinski definition) is 1. The van der Waals surface area contributed by atoms with E-state index in [-0.39, 0.29) is 5.54 Å². The lowest BCUT2D eigenvalue weighted by atomic mass is 9.90. The molecule has 1 aromatic rings. The first-order valence-corrected chi connectivity index (χ1v) is 7.08. The van der Waals surface area contributed by atoms with Gasteiger partial charge in [0.25, 0.3) is 0 Å². The molecule has 0 amide bonds. The minimum atomic E-state index is 0.252. The van der Waals surface area contributed by atoms with E-state index in [0.717, 1.165) is 6.54 Å². The number of para-hydroxylation sites is 1. The zero-order valence-electron chi connectivity index (χ0n) is 12.2. The quantitative estimate of drug-likeness (QED) is 0.879. The number of rotatable bonds is 3. The standard InChI is InChI=1S/C16H26N2/c1-13(2)14-8-5-6-9-15(14)18-11-7-10-16(3,12-18)17-4/h5-6,8-9,13,17H,7,10-12H2,1-4H3. The number of piperidine rings is 1. The summed E-state index contributed by atoms with van der Waals surface area (Å²) in [6, 6.07) is 8.86. The van der Waals surface area contributed by atoms with Crippen molar-refractivity contribution in [2.45, 2.75) is 45.1 Å². The van der Waals surface area contributed by atoms with E-state index in [2.05, 4.69) is 62.3 Å². The molecule has 1 fully saturated rings. The van der Waals surface area contributed by atoms with Crippen LogP contribution in [0.1, 0.15) is 45.1 Å². The summed E-state index contributed by atoms with van der Waals surface area (Å²) in [6.45, 7) is 9.17. The van der Waals surface area contributed by atoms with E-state index in [4.69, 9.17) is 0 Å². The summed E-state index contributed by atoms with van der Waals surface area (Å²) >= 11 is 0. The smallest absolute Gasteiger partial charge is 0.0402 e. The van der Waals surface area contributed by atoms with Gasteiger partial charge in [-0.25, -0.2) is 0 Å². The van der Waals surface area contributed by atoms with Gasteiger partial charge in [-0.05, 0) is 44.4 Å². The molecule has 1 atom stereocenters. The van der Waals surface area contributed by atoms with Crippen LogP contribution in [0.3, 0.4) is 0 Å². The lowest BCUT2D eigenvalue weighted by Crippen LogP contribution is -2.54. The molecule has 0 bridgehead atoms. The fraction of sp³-hybridized carbons (Fsp3) is 0.625. The van der Waals surface area contributed by atoms with Gasteiger partial charge in [-0.3, -0.25) is 0 Å². The van der Waals surface area contributed by atoms with Crippen LogP contribution < -0.4 is 10.2 Å². The van der Waals surface area contributed by atoms with Crippen molar-refractivity contribution in [2.75, 3.05) is 25.0 Å². The molecule has 2 heteroatoms. The van der Waals surface area contributed by atoms with Gasteiger partial charge in [0.2, 0.25) is 0 Å². The highest BCUT2D eigenvalue weighted by Gasteiger charge is 2.30. The van der Waals surface area contributed by atoms with Crippen LogP contribution in [-0.4, -0.2) is 25.7 Å². The number of hydrogen-bond acceptors (Lipinski definition) is 2. The lowest BCUT2D eigenvalue weighted by molar-refractivity contribution is 0.316. The fourth-order valence-corrected chi connectivity index (χ4v) is 2.91.